The lowest BCUT2D eigenvalue weighted by Gasteiger charge is -2.17. The fraction of sp³-hybridized carbons (Fsp3) is 0.500. The molecular weight excluding hydrogens is 240 g/mol. The second-order valence-corrected chi connectivity index (χ2v) is 4.70. The highest BCUT2D eigenvalue weighted by Crippen LogP contribution is 2.12. The molecule has 1 saturated heterocycles. The van der Waals surface area contributed by atoms with Crippen LogP contribution in [-0.4, -0.2) is 41.3 Å². The van der Waals surface area contributed by atoms with E-state index in [0.29, 0.717) is 25.3 Å². The first-order chi connectivity index (χ1) is 8.20. The number of carbonyl (C=O) groups excluding carboxylic acids is 2. The SMILES string of the molecule is NCc1nc(C(=O)N2CCCNC(=O)C2)cs1. The van der Waals surface area contributed by atoms with Crippen LogP contribution in [0.4, 0.5) is 0 Å². The molecule has 0 radical (unpaired) electrons. The Kier molecular flexibility index (Phi) is 3.70. The van der Waals surface area contributed by atoms with Gasteiger partial charge >= 0.3 is 0 Å². The highest BCUT2D eigenvalue weighted by molar-refractivity contribution is 7.09. The number of rotatable bonds is 2. The molecule has 2 heterocycles. The van der Waals surface area contributed by atoms with Gasteiger partial charge in [0, 0.05) is 25.0 Å². The van der Waals surface area contributed by atoms with Crippen molar-refractivity contribution >= 4 is 23.2 Å². The van der Waals surface area contributed by atoms with Gasteiger partial charge in [-0.25, -0.2) is 4.98 Å². The Morgan fingerprint density at radius 1 is 1.65 bits per heavy atom. The number of carbonyl (C=O) groups is 2. The summed E-state index contributed by atoms with van der Waals surface area (Å²) >= 11 is 1.36. The lowest BCUT2D eigenvalue weighted by molar-refractivity contribution is -0.121. The molecule has 0 spiro atoms. The van der Waals surface area contributed by atoms with E-state index in [9.17, 15) is 9.59 Å². The van der Waals surface area contributed by atoms with E-state index in [1.807, 2.05) is 0 Å². The highest BCUT2D eigenvalue weighted by atomic mass is 32.1. The molecule has 0 atom stereocenters. The standard InChI is InChI=1S/C10H14N4O2S/c11-4-9-13-7(6-17-9)10(16)14-3-1-2-12-8(15)5-14/h6H,1-5,11H2,(H,12,15). The zero-order valence-corrected chi connectivity index (χ0v) is 10.1. The third-order valence-corrected chi connectivity index (χ3v) is 3.37. The smallest absolute Gasteiger partial charge is 0.273 e. The molecule has 3 N–H and O–H groups in total. The fourth-order valence-corrected chi connectivity index (χ4v) is 2.29. The van der Waals surface area contributed by atoms with Crippen LogP contribution in [-0.2, 0) is 11.3 Å². The lowest BCUT2D eigenvalue weighted by atomic mass is 10.3. The molecule has 0 aromatic carbocycles. The van der Waals surface area contributed by atoms with Crippen LogP contribution >= 0.6 is 11.3 Å². The van der Waals surface area contributed by atoms with Gasteiger partial charge in [0.25, 0.3) is 5.91 Å². The fourth-order valence-electron chi connectivity index (χ4n) is 1.64. The van der Waals surface area contributed by atoms with Gasteiger partial charge in [0.15, 0.2) is 0 Å². The van der Waals surface area contributed by atoms with Gasteiger partial charge in [0.2, 0.25) is 5.91 Å². The van der Waals surface area contributed by atoms with Crippen molar-refractivity contribution in [1.29, 1.82) is 0 Å². The Labute approximate surface area is 103 Å². The number of nitrogens with zero attached hydrogens (tertiary/aromatic N) is 2. The van der Waals surface area contributed by atoms with Gasteiger partial charge in [0.05, 0.1) is 6.54 Å². The molecule has 1 aromatic rings. The summed E-state index contributed by atoms with van der Waals surface area (Å²) < 4.78 is 0. The van der Waals surface area contributed by atoms with Crippen LogP contribution in [0.5, 0.6) is 0 Å². The Hall–Kier alpha value is -1.47. The van der Waals surface area contributed by atoms with E-state index >= 15 is 0 Å². The monoisotopic (exact) mass is 254 g/mol. The number of nitrogens with one attached hydrogen (secondary N) is 1. The molecule has 0 saturated carbocycles. The Balaban J connectivity index is 2.10. The number of nitrogens with two attached hydrogens (primary N) is 1. The summed E-state index contributed by atoms with van der Waals surface area (Å²) in [7, 11) is 0. The zero-order chi connectivity index (χ0) is 12.3. The summed E-state index contributed by atoms with van der Waals surface area (Å²) in [5.74, 6) is -0.317. The van der Waals surface area contributed by atoms with Gasteiger partial charge in [0.1, 0.15) is 10.7 Å². The van der Waals surface area contributed by atoms with Gasteiger partial charge in [-0.05, 0) is 6.42 Å². The first-order valence-electron chi connectivity index (χ1n) is 5.41. The van der Waals surface area contributed by atoms with Crippen molar-refractivity contribution in [2.45, 2.75) is 13.0 Å². The van der Waals surface area contributed by atoms with Gasteiger partial charge in [-0.3, -0.25) is 9.59 Å². The predicted octanol–water partition coefficient (Wildman–Crippen LogP) is -0.436. The van der Waals surface area contributed by atoms with Crippen molar-refractivity contribution in [2.75, 3.05) is 19.6 Å². The van der Waals surface area contributed by atoms with E-state index in [1.54, 1.807) is 5.38 Å². The van der Waals surface area contributed by atoms with Crippen LogP contribution in [0.2, 0.25) is 0 Å². The van der Waals surface area contributed by atoms with Gasteiger partial charge < -0.3 is 16.0 Å². The molecule has 92 valence electrons. The minimum Gasteiger partial charge on any atom is -0.354 e. The first kappa shape index (κ1) is 12.0. The second kappa shape index (κ2) is 5.24. The molecule has 6 nitrogen and oxygen atoms in total. The molecule has 0 aliphatic carbocycles. The minimum atomic E-state index is -0.196. The van der Waals surface area contributed by atoms with Gasteiger partial charge in [-0.1, -0.05) is 0 Å². The molecular formula is C10H14N4O2S. The van der Waals surface area contributed by atoms with Crippen LogP contribution in [0.25, 0.3) is 0 Å². The third kappa shape index (κ3) is 2.80. The van der Waals surface area contributed by atoms with Crippen molar-refractivity contribution in [3.8, 4) is 0 Å². The van der Waals surface area contributed by atoms with E-state index in [2.05, 4.69) is 10.3 Å². The van der Waals surface area contributed by atoms with Crippen LogP contribution in [0.3, 0.4) is 0 Å². The summed E-state index contributed by atoms with van der Waals surface area (Å²) in [4.78, 5) is 29.1. The maximum absolute atomic E-state index is 12.1. The molecule has 1 fully saturated rings. The summed E-state index contributed by atoms with van der Waals surface area (Å²) in [6, 6.07) is 0. The normalized spacial score (nSPS) is 16.5. The Bertz CT molecular complexity index is 432. The van der Waals surface area contributed by atoms with E-state index in [-0.39, 0.29) is 18.4 Å². The number of amides is 2. The van der Waals surface area contributed by atoms with Crippen molar-refractivity contribution in [1.82, 2.24) is 15.2 Å². The first-order valence-corrected chi connectivity index (χ1v) is 6.29. The highest BCUT2D eigenvalue weighted by Gasteiger charge is 2.22. The van der Waals surface area contributed by atoms with Crippen LogP contribution in [0.1, 0.15) is 21.9 Å². The number of aromatic nitrogens is 1. The molecule has 1 aliphatic rings. The average Bonchev–Trinajstić information content (AvgIpc) is 2.71. The summed E-state index contributed by atoms with van der Waals surface area (Å²) in [5, 5.41) is 5.14. The number of hydrogen-bond acceptors (Lipinski definition) is 5. The van der Waals surface area contributed by atoms with Crippen molar-refractivity contribution in [3.05, 3.63) is 16.1 Å². The van der Waals surface area contributed by atoms with Crippen molar-refractivity contribution in [3.63, 3.8) is 0 Å². The van der Waals surface area contributed by atoms with Crippen LogP contribution < -0.4 is 11.1 Å². The zero-order valence-electron chi connectivity index (χ0n) is 9.31. The molecule has 17 heavy (non-hydrogen) atoms. The lowest BCUT2D eigenvalue weighted by Crippen LogP contribution is -2.37. The van der Waals surface area contributed by atoms with Crippen molar-refractivity contribution in [2.24, 2.45) is 5.73 Å². The average molecular weight is 254 g/mol. The maximum atomic E-state index is 12.1. The van der Waals surface area contributed by atoms with Gasteiger partial charge in [-0.15, -0.1) is 11.3 Å². The Morgan fingerprint density at radius 2 is 2.47 bits per heavy atom. The summed E-state index contributed by atoms with van der Waals surface area (Å²) in [6.07, 6.45) is 0.769. The molecule has 0 unspecified atom stereocenters. The minimum absolute atomic E-state index is 0.105. The maximum Gasteiger partial charge on any atom is 0.273 e. The molecule has 0 bridgehead atoms. The van der Waals surface area contributed by atoms with E-state index in [4.69, 9.17) is 5.73 Å². The second-order valence-electron chi connectivity index (χ2n) is 3.76. The molecule has 1 aliphatic heterocycles. The van der Waals surface area contributed by atoms with Crippen LogP contribution in [0, 0.1) is 0 Å². The van der Waals surface area contributed by atoms with E-state index in [0.717, 1.165) is 11.4 Å². The summed E-state index contributed by atoms with van der Waals surface area (Å²) in [6.45, 7) is 1.63. The molecule has 2 rings (SSSR count). The number of hydrogen-bond donors (Lipinski definition) is 2. The van der Waals surface area contributed by atoms with Crippen LogP contribution in [0.15, 0.2) is 5.38 Å². The topological polar surface area (TPSA) is 88.3 Å². The van der Waals surface area contributed by atoms with E-state index < -0.39 is 0 Å². The quantitative estimate of drug-likeness (QED) is 0.749. The number of thiazole rings is 1. The molecule has 2 amide bonds. The van der Waals surface area contributed by atoms with E-state index in [1.165, 1.54) is 16.2 Å². The predicted molar refractivity (Wildman–Crippen MR) is 63.5 cm³/mol. The molecule has 7 heteroatoms. The largest absolute Gasteiger partial charge is 0.354 e. The third-order valence-electron chi connectivity index (χ3n) is 2.49. The Morgan fingerprint density at radius 3 is 3.18 bits per heavy atom. The molecule has 1 aromatic heterocycles. The van der Waals surface area contributed by atoms with Gasteiger partial charge in [-0.2, -0.15) is 0 Å². The summed E-state index contributed by atoms with van der Waals surface area (Å²) in [5.41, 5.74) is 5.83. The van der Waals surface area contributed by atoms with Crippen molar-refractivity contribution < 1.29 is 9.59 Å².